The van der Waals surface area contributed by atoms with Crippen LogP contribution in [-0.4, -0.2) is 17.6 Å². The Hall–Kier alpha value is -0.670. The molecule has 11 heavy (non-hydrogen) atoms. The predicted octanol–water partition coefficient (Wildman–Crippen LogP) is 1.40. The molecule has 0 amide bonds. The Balaban J connectivity index is 2.50. The van der Waals surface area contributed by atoms with Crippen molar-refractivity contribution < 1.29 is 14.9 Å². The third-order valence-electron chi connectivity index (χ3n) is 1.82. The van der Waals surface area contributed by atoms with Crippen molar-refractivity contribution in [2.24, 2.45) is 5.92 Å². The Morgan fingerprint density at radius 3 is 3.00 bits per heavy atom. The van der Waals surface area contributed by atoms with Gasteiger partial charge in [-0.05, 0) is 25.3 Å². The average molecular weight is 156 g/mol. The highest BCUT2D eigenvalue weighted by molar-refractivity contribution is 5.91. The molecule has 0 aliphatic heterocycles. The largest absolute Gasteiger partial charge is 0.295 e. The molecule has 0 aromatic rings. The molecule has 0 bridgehead atoms. The fourth-order valence-corrected chi connectivity index (χ4v) is 1.43. The first-order chi connectivity index (χ1) is 5.22. The molecular formula is C8H12O3. The lowest BCUT2D eigenvalue weighted by atomic mass is 9.89. The van der Waals surface area contributed by atoms with Gasteiger partial charge in [-0.2, -0.15) is 0 Å². The van der Waals surface area contributed by atoms with Crippen LogP contribution < -0.4 is 0 Å². The predicted molar refractivity (Wildman–Crippen MR) is 40.1 cm³/mol. The summed E-state index contributed by atoms with van der Waals surface area (Å²) in [5.41, 5.74) is 1.07. The quantitative estimate of drug-likeness (QED) is 0.485. The Bertz CT molecular complexity index is 184. The lowest BCUT2D eigenvalue weighted by Gasteiger charge is -2.17. The molecule has 0 aromatic heterocycles. The van der Waals surface area contributed by atoms with Gasteiger partial charge >= 0.3 is 0 Å². The first-order valence-electron chi connectivity index (χ1n) is 3.68. The highest BCUT2D eigenvalue weighted by Gasteiger charge is 2.18. The molecule has 1 N–H and O–H groups in total. The van der Waals surface area contributed by atoms with Crippen LogP contribution in [0.5, 0.6) is 0 Å². The zero-order valence-corrected chi connectivity index (χ0v) is 6.54. The molecule has 0 aromatic carbocycles. The van der Waals surface area contributed by atoms with E-state index in [1.54, 1.807) is 6.08 Å². The van der Waals surface area contributed by atoms with Crippen LogP contribution in [0.4, 0.5) is 0 Å². The minimum absolute atomic E-state index is 0.135. The fraction of sp³-hybridized carbons (Fsp3) is 0.625. The minimum Gasteiger partial charge on any atom is -0.295 e. The zero-order valence-electron chi connectivity index (χ0n) is 6.54. The average Bonchev–Trinajstić information content (AvgIpc) is 1.85. The number of carbonyl (C=O) groups is 1. The lowest BCUT2D eigenvalue weighted by Crippen LogP contribution is -2.17. The Labute approximate surface area is 65.6 Å². The maximum atomic E-state index is 10.9. The number of allylic oxidation sites excluding steroid dienone is 2. The van der Waals surface area contributed by atoms with Gasteiger partial charge in [-0.3, -0.25) is 10.1 Å². The molecule has 0 spiro atoms. The van der Waals surface area contributed by atoms with Gasteiger partial charge in [0, 0.05) is 6.42 Å². The second kappa shape index (κ2) is 3.64. The van der Waals surface area contributed by atoms with Crippen molar-refractivity contribution in [3.8, 4) is 0 Å². The first kappa shape index (κ1) is 8.43. The monoisotopic (exact) mass is 156 g/mol. The summed E-state index contributed by atoms with van der Waals surface area (Å²) in [5.74, 6) is 0.299. The van der Waals surface area contributed by atoms with Crippen molar-refractivity contribution in [3.05, 3.63) is 11.6 Å². The Morgan fingerprint density at radius 1 is 1.73 bits per heavy atom. The fourth-order valence-electron chi connectivity index (χ4n) is 1.43. The molecule has 3 heteroatoms. The smallest absolute Gasteiger partial charge is 0.156 e. The summed E-state index contributed by atoms with van der Waals surface area (Å²) in [6.07, 6.45) is 3.01. The van der Waals surface area contributed by atoms with Crippen LogP contribution >= 0.6 is 0 Å². The van der Waals surface area contributed by atoms with Gasteiger partial charge in [-0.25, -0.2) is 4.89 Å². The van der Waals surface area contributed by atoms with Gasteiger partial charge in [0.05, 0.1) is 6.61 Å². The molecule has 62 valence electrons. The van der Waals surface area contributed by atoms with E-state index in [1.807, 2.05) is 6.92 Å². The van der Waals surface area contributed by atoms with Gasteiger partial charge in [-0.1, -0.05) is 5.57 Å². The van der Waals surface area contributed by atoms with E-state index in [-0.39, 0.29) is 18.3 Å². The summed E-state index contributed by atoms with van der Waals surface area (Å²) in [6.45, 7) is 2.18. The molecular weight excluding hydrogens is 144 g/mol. The molecule has 0 saturated carbocycles. The van der Waals surface area contributed by atoms with Gasteiger partial charge in [0.25, 0.3) is 0 Å². The molecule has 0 fully saturated rings. The highest BCUT2D eigenvalue weighted by Crippen LogP contribution is 2.21. The molecule has 3 nitrogen and oxygen atoms in total. The minimum atomic E-state index is 0.135. The Morgan fingerprint density at radius 2 is 2.45 bits per heavy atom. The van der Waals surface area contributed by atoms with E-state index in [0.29, 0.717) is 6.42 Å². The van der Waals surface area contributed by atoms with E-state index in [4.69, 9.17) is 5.26 Å². The third kappa shape index (κ3) is 2.44. The van der Waals surface area contributed by atoms with Gasteiger partial charge in [-0.15, -0.1) is 0 Å². The van der Waals surface area contributed by atoms with Crippen LogP contribution in [0.25, 0.3) is 0 Å². The summed E-state index contributed by atoms with van der Waals surface area (Å²) in [4.78, 5) is 14.9. The summed E-state index contributed by atoms with van der Waals surface area (Å²) >= 11 is 0. The number of carbonyl (C=O) groups excluding carboxylic acids is 1. The summed E-state index contributed by atoms with van der Waals surface area (Å²) < 4.78 is 0. The molecule has 0 heterocycles. The van der Waals surface area contributed by atoms with E-state index in [9.17, 15) is 4.79 Å². The van der Waals surface area contributed by atoms with Crippen molar-refractivity contribution >= 4 is 5.78 Å². The number of hydrogen-bond acceptors (Lipinski definition) is 3. The van der Waals surface area contributed by atoms with E-state index >= 15 is 0 Å². The molecule has 0 saturated heterocycles. The molecule has 1 aliphatic carbocycles. The number of hydrogen-bond donors (Lipinski definition) is 1. The first-order valence-corrected chi connectivity index (χ1v) is 3.68. The van der Waals surface area contributed by atoms with Crippen LogP contribution in [-0.2, 0) is 9.68 Å². The van der Waals surface area contributed by atoms with Crippen LogP contribution in [0, 0.1) is 5.92 Å². The van der Waals surface area contributed by atoms with Crippen molar-refractivity contribution in [3.63, 3.8) is 0 Å². The van der Waals surface area contributed by atoms with Crippen molar-refractivity contribution in [2.75, 3.05) is 6.61 Å². The highest BCUT2D eigenvalue weighted by atomic mass is 17.1. The van der Waals surface area contributed by atoms with E-state index in [1.165, 1.54) is 0 Å². The molecule has 1 aliphatic rings. The van der Waals surface area contributed by atoms with Gasteiger partial charge in [0.2, 0.25) is 0 Å². The maximum Gasteiger partial charge on any atom is 0.156 e. The maximum absolute atomic E-state index is 10.9. The number of ketones is 1. The second-order valence-electron chi connectivity index (χ2n) is 3.03. The van der Waals surface area contributed by atoms with Crippen molar-refractivity contribution in [1.29, 1.82) is 0 Å². The van der Waals surface area contributed by atoms with E-state index in [0.717, 1.165) is 12.0 Å². The van der Waals surface area contributed by atoms with Crippen LogP contribution in [0.15, 0.2) is 11.6 Å². The lowest BCUT2D eigenvalue weighted by molar-refractivity contribution is -0.251. The molecule has 1 atom stereocenters. The van der Waals surface area contributed by atoms with Crippen LogP contribution in [0.2, 0.25) is 0 Å². The zero-order chi connectivity index (χ0) is 8.27. The summed E-state index contributed by atoms with van der Waals surface area (Å²) in [5, 5.41) is 8.16. The molecule has 1 rings (SSSR count). The van der Waals surface area contributed by atoms with Crippen LogP contribution in [0.1, 0.15) is 19.8 Å². The van der Waals surface area contributed by atoms with Gasteiger partial charge < -0.3 is 0 Å². The third-order valence-corrected chi connectivity index (χ3v) is 1.82. The standard InChI is InChI=1S/C8H12O3/c1-6-2-7(5-11-10)4-8(9)3-6/h3,7,10H,2,4-5H2,1H3. The van der Waals surface area contributed by atoms with Crippen molar-refractivity contribution in [1.82, 2.24) is 0 Å². The summed E-state index contributed by atoms with van der Waals surface area (Å²) in [6, 6.07) is 0. The van der Waals surface area contributed by atoms with Crippen LogP contribution in [0.3, 0.4) is 0 Å². The second-order valence-corrected chi connectivity index (χ2v) is 3.03. The molecule has 0 radical (unpaired) electrons. The normalized spacial score (nSPS) is 25.1. The Kier molecular flexibility index (Phi) is 2.79. The summed E-state index contributed by atoms with van der Waals surface area (Å²) in [7, 11) is 0. The number of rotatable bonds is 2. The van der Waals surface area contributed by atoms with E-state index < -0.39 is 0 Å². The van der Waals surface area contributed by atoms with Crippen molar-refractivity contribution in [2.45, 2.75) is 19.8 Å². The van der Waals surface area contributed by atoms with E-state index in [2.05, 4.69) is 4.89 Å². The SMILES string of the molecule is CC1=CC(=O)CC(COO)C1. The van der Waals surface area contributed by atoms with Gasteiger partial charge in [0.1, 0.15) is 0 Å². The molecule has 1 unspecified atom stereocenters. The topological polar surface area (TPSA) is 46.5 Å². The van der Waals surface area contributed by atoms with Gasteiger partial charge in [0.15, 0.2) is 5.78 Å².